The van der Waals surface area contributed by atoms with Crippen LogP contribution in [0.3, 0.4) is 0 Å². The first-order chi connectivity index (χ1) is 12.1. The van der Waals surface area contributed by atoms with Gasteiger partial charge in [-0.05, 0) is 17.7 Å². The average Bonchev–Trinajstić information content (AvgIpc) is 2.65. The van der Waals surface area contributed by atoms with Crippen molar-refractivity contribution in [1.29, 1.82) is 5.41 Å². The van der Waals surface area contributed by atoms with Gasteiger partial charge in [0.1, 0.15) is 0 Å². The Bertz CT molecular complexity index is 593. The molecule has 1 heterocycles. The molecular weight excluding hydrogens is 346 g/mol. The zero-order chi connectivity index (χ0) is 18.1. The average molecular weight is 369 g/mol. The quantitative estimate of drug-likeness (QED) is 0.424. The molecule has 1 saturated heterocycles. The highest BCUT2D eigenvalue weighted by atomic mass is 32.2. The van der Waals surface area contributed by atoms with Crippen molar-refractivity contribution in [1.82, 2.24) is 10.2 Å². The molecule has 0 aromatic heterocycles. The molecule has 2 N–H and O–H groups in total. The largest absolute Gasteiger partial charge is 0.493 e. The Morgan fingerprint density at radius 2 is 2.08 bits per heavy atom. The normalized spacial score (nSPS) is 14.1. The van der Waals surface area contributed by atoms with Crippen molar-refractivity contribution in [2.75, 3.05) is 47.1 Å². The van der Waals surface area contributed by atoms with Crippen molar-refractivity contribution in [3.05, 3.63) is 23.8 Å². The lowest BCUT2D eigenvalue weighted by Crippen LogP contribution is -2.43. The highest BCUT2D eigenvalue weighted by Crippen LogP contribution is 2.28. The monoisotopic (exact) mass is 369 g/mol. The second-order valence-corrected chi connectivity index (χ2v) is 6.11. The van der Waals surface area contributed by atoms with Gasteiger partial charge in [-0.15, -0.1) is 0 Å². The lowest BCUT2D eigenvalue weighted by Gasteiger charge is -2.26. The fraction of sp³-hybridized carbons (Fsp3) is 0.500. The summed E-state index contributed by atoms with van der Waals surface area (Å²) in [5.74, 6) is 0.982. The number of ether oxygens (including phenoxy) is 3. The van der Waals surface area contributed by atoms with Gasteiger partial charge in [0.25, 0.3) is 5.91 Å². The third-order valence-electron chi connectivity index (χ3n) is 3.56. The summed E-state index contributed by atoms with van der Waals surface area (Å²) in [6.07, 6.45) is 0. The highest BCUT2D eigenvalue weighted by molar-refractivity contribution is 8.09. The van der Waals surface area contributed by atoms with Crippen molar-refractivity contribution in [2.45, 2.75) is 6.54 Å². The summed E-state index contributed by atoms with van der Waals surface area (Å²) in [6.45, 7) is 2.73. The molecule has 0 saturated carbocycles. The van der Waals surface area contributed by atoms with Crippen LogP contribution in [0.4, 0.5) is 0 Å². The number of methoxy groups -OCH3 is 1. The SMILES string of the molecule is COSC(=N)NCc1ccc(OCC(=O)N2CCOCC2)c(OC)c1. The van der Waals surface area contributed by atoms with Gasteiger partial charge in [-0.2, -0.15) is 0 Å². The zero-order valence-electron chi connectivity index (χ0n) is 14.4. The number of amides is 1. The van der Waals surface area contributed by atoms with E-state index >= 15 is 0 Å². The number of hydrogen-bond donors (Lipinski definition) is 2. The molecule has 0 atom stereocenters. The van der Waals surface area contributed by atoms with Crippen LogP contribution in [-0.4, -0.2) is 63.1 Å². The van der Waals surface area contributed by atoms with Crippen LogP contribution in [-0.2, 0) is 20.3 Å². The van der Waals surface area contributed by atoms with Crippen LogP contribution in [0.15, 0.2) is 18.2 Å². The maximum Gasteiger partial charge on any atom is 0.260 e. The second kappa shape index (κ2) is 10.1. The molecule has 0 spiro atoms. The molecule has 1 aromatic carbocycles. The van der Waals surface area contributed by atoms with Crippen molar-refractivity contribution >= 4 is 23.1 Å². The Hall–Kier alpha value is -1.97. The summed E-state index contributed by atoms with van der Waals surface area (Å²) in [6, 6.07) is 5.43. The molecule has 0 radical (unpaired) electrons. The van der Waals surface area contributed by atoms with E-state index in [0.717, 1.165) is 17.6 Å². The molecule has 0 unspecified atom stereocenters. The van der Waals surface area contributed by atoms with Gasteiger partial charge in [-0.1, -0.05) is 6.07 Å². The number of hydrogen-bond acceptors (Lipinski definition) is 7. The van der Waals surface area contributed by atoms with E-state index in [4.69, 9.17) is 23.8 Å². The van der Waals surface area contributed by atoms with Gasteiger partial charge >= 0.3 is 0 Å². The Morgan fingerprint density at radius 3 is 2.76 bits per heavy atom. The Labute approximate surface area is 151 Å². The van der Waals surface area contributed by atoms with E-state index in [1.54, 1.807) is 18.1 Å². The van der Waals surface area contributed by atoms with Gasteiger partial charge in [-0.3, -0.25) is 10.2 Å². The first-order valence-electron chi connectivity index (χ1n) is 7.82. The van der Waals surface area contributed by atoms with E-state index in [2.05, 4.69) is 5.32 Å². The number of rotatable bonds is 7. The number of carbonyl (C=O) groups excluding carboxylic acids is 1. The first-order valence-corrected chi connectivity index (χ1v) is 8.56. The molecule has 8 nitrogen and oxygen atoms in total. The fourth-order valence-electron chi connectivity index (χ4n) is 2.28. The molecule has 2 rings (SSSR count). The molecule has 1 aliphatic heterocycles. The Kier molecular flexibility index (Phi) is 7.83. The Balaban J connectivity index is 1.89. The molecule has 1 amide bonds. The van der Waals surface area contributed by atoms with Crippen molar-refractivity contribution in [3.63, 3.8) is 0 Å². The minimum Gasteiger partial charge on any atom is -0.493 e. The Morgan fingerprint density at radius 1 is 1.32 bits per heavy atom. The smallest absolute Gasteiger partial charge is 0.260 e. The second-order valence-electron chi connectivity index (χ2n) is 5.20. The minimum absolute atomic E-state index is 0.0386. The fourth-order valence-corrected chi connectivity index (χ4v) is 2.58. The van der Waals surface area contributed by atoms with Gasteiger partial charge in [0.05, 0.1) is 39.5 Å². The van der Waals surface area contributed by atoms with E-state index in [1.807, 2.05) is 12.1 Å². The molecule has 138 valence electrons. The van der Waals surface area contributed by atoms with Crippen LogP contribution < -0.4 is 14.8 Å². The van der Waals surface area contributed by atoms with Crippen LogP contribution in [0.25, 0.3) is 0 Å². The standard InChI is InChI=1S/C16H23N3O5S/c1-21-14-9-12(10-18-16(17)25-22-2)3-4-13(14)24-11-15(20)19-5-7-23-8-6-19/h3-4,9H,5-8,10-11H2,1-2H3,(H2,17,18). The summed E-state index contributed by atoms with van der Waals surface area (Å²) in [5, 5.41) is 10.7. The molecule has 1 aliphatic rings. The molecular formula is C16H23N3O5S. The summed E-state index contributed by atoms with van der Waals surface area (Å²) >= 11 is 0.954. The van der Waals surface area contributed by atoms with Crippen molar-refractivity contribution in [2.24, 2.45) is 0 Å². The zero-order valence-corrected chi connectivity index (χ0v) is 15.2. The van der Waals surface area contributed by atoms with Crippen LogP contribution in [0.2, 0.25) is 0 Å². The summed E-state index contributed by atoms with van der Waals surface area (Å²) < 4.78 is 21.0. The summed E-state index contributed by atoms with van der Waals surface area (Å²) in [4.78, 5) is 13.9. The van der Waals surface area contributed by atoms with Crippen LogP contribution in [0, 0.1) is 5.41 Å². The third-order valence-corrected chi connectivity index (χ3v) is 4.04. The van der Waals surface area contributed by atoms with E-state index in [1.165, 1.54) is 7.11 Å². The van der Waals surface area contributed by atoms with Gasteiger partial charge in [-0.25, -0.2) is 0 Å². The van der Waals surface area contributed by atoms with Gasteiger partial charge in [0.15, 0.2) is 23.3 Å². The molecule has 25 heavy (non-hydrogen) atoms. The van der Waals surface area contributed by atoms with E-state index in [9.17, 15) is 4.79 Å². The molecule has 1 aromatic rings. The third kappa shape index (κ3) is 6.11. The molecule has 9 heteroatoms. The van der Waals surface area contributed by atoms with E-state index in [0.29, 0.717) is 44.3 Å². The molecule has 0 aliphatic carbocycles. The predicted octanol–water partition coefficient (Wildman–Crippen LogP) is 1.25. The number of amidine groups is 1. The van der Waals surface area contributed by atoms with E-state index < -0.39 is 0 Å². The van der Waals surface area contributed by atoms with Crippen molar-refractivity contribution < 1.29 is 23.2 Å². The van der Waals surface area contributed by atoms with Crippen LogP contribution in [0.5, 0.6) is 11.5 Å². The summed E-state index contributed by atoms with van der Waals surface area (Å²) in [5.41, 5.74) is 0.921. The number of carbonyl (C=O) groups is 1. The number of morpholine rings is 1. The lowest BCUT2D eigenvalue weighted by molar-refractivity contribution is -0.137. The number of benzene rings is 1. The molecule has 0 bridgehead atoms. The van der Waals surface area contributed by atoms with Crippen molar-refractivity contribution in [3.8, 4) is 11.5 Å². The predicted molar refractivity (Wildman–Crippen MR) is 95.1 cm³/mol. The first kappa shape index (κ1) is 19.4. The lowest BCUT2D eigenvalue weighted by atomic mass is 10.2. The minimum atomic E-state index is -0.0684. The van der Waals surface area contributed by atoms with Gasteiger partial charge in [0, 0.05) is 19.6 Å². The van der Waals surface area contributed by atoms with Crippen LogP contribution in [0.1, 0.15) is 5.56 Å². The highest BCUT2D eigenvalue weighted by Gasteiger charge is 2.18. The molecule has 1 fully saturated rings. The summed E-state index contributed by atoms with van der Waals surface area (Å²) in [7, 11) is 3.06. The maximum atomic E-state index is 12.1. The van der Waals surface area contributed by atoms with E-state index in [-0.39, 0.29) is 17.7 Å². The van der Waals surface area contributed by atoms with Gasteiger partial charge in [0.2, 0.25) is 0 Å². The number of nitrogens with zero attached hydrogens (tertiary/aromatic N) is 1. The maximum absolute atomic E-state index is 12.1. The topological polar surface area (TPSA) is 93.1 Å². The van der Waals surface area contributed by atoms with Gasteiger partial charge < -0.3 is 28.6 Å². The van der Waals surface area contributed by atoms with Crippen LogP contribution >= 0.6 is 12.0 Å². The number of nitrogens with one attached hydrogen (secondary N) is 2.